The zero-order chi connectivity index (χ0) is 47.7. The summed E-state index contributed by atoms with van der Waals surface area (Å²) in [4.78, 5) is 24.4. The van der Waals surface area contributed by atoms with E-state index in [2.05, 4.69) is 184 Å². The van der Waals surface area contributed by atoms with Gasteiger partial charge in [0, 0.05) is 12.8 Å². The van der Waals surface area contributed by atoms with Crippen LogP contribution in [0.25, 0.3) is 0 Å². The fourth-order valence-electron chi connectivity index (χ4n) is 6.22. The van der Waals surface area contributed by atoms with Crippen LogP contribution >= 0.6 is 0 Å². The highest BCUT2D eigenvalue weighted by Crippen LogP contribution is 2.11. The average molecular weight is 905 g/mol. The Kier molecular flexibility index (Phi) is 50.7. The summed E-state index contributed by atoms with van der Waals surface area (Å²) in [6.07, 6.45) is 85.8. The molecular weight excluding hydrogens is 813 g/mol. The molecule has 0 radical (unpaired) electrons. The molecule has 0 rings (SSSR count). The third-order valence-electron chi connectivity index (χ3n) is 10.0. The fraction of sp³-hybridized carbons (Fsp3) is 0.508. The Morgan fingerprint density at radius 1 is 0.348 bits per heavy atom. The van der Waals surface area contributed by atoms with Crippen molar-refractivity contribution in [3.05, 3.63) is 170 Å². The summed E-state index contributed by atoms with van der Waals surface area (Å²) < 4.78 is 10.6. The summed E-state index contributed by atoms with van der Waals surface area (Å²) in [6.45, 7) is 3.84. The first-order valence-corrected chi connectivity index (χ1v) is 25.7. The van der Waals surface area contributed by atoms with E-state index in [1.54, 1.807) is 0 Å². The molecule has 0 aromatic rings. The summed E-state index contributed by atoms with van der Waals surface area (Å²) in [5, 5.41) is 9.62. The number of hydrogen-bond acceptors (Lipinski definition) is 5. The predicted octanol–water partition coefficient (Wildman–Crippen LogP) is 17.4. The van der Waals surface area contributed by atoms with Gasteiger partial charge in [-0.1, -0.05) is 210 Å². The lowest BCUT2D eigenvalue weighted by atomic mass is 10.1. The fourth-order valence-corrected chi connectivity index (χ4v) is 6.22. The third-order valence-corrected chi connectivity index (χ3v) is 10.0. The molecule has 0 aliphatic heterocycles. The Bertz CT molecular complexity index is 1540. The van der Waals surface area contributed by atoms with E-state index in [1.807, 2.05) is 0 Å². The zero-order valence-corrected chi connectivity index (χ0v) is 41.6. The zero-order valence-electron chi connectivity index (χ0n) is 41.6. The van der Waals surface area contributed by atoms with E-state index in [4.69, 9.17) is 9.47 Å². The van der Waals surface area contributed by atoms with E-state index in [0.29, 0.717) is 12.8 Å². The molecule has 0 amide bonds. The maximum absolute atomic E-state index is 12.3. The second kappa shape index (κ2) is 54.6. The molecule has 0 spiro atoms. The first-order chi connectivity index (χ1) is 32.6. The second-order valence-electron chi connectivity index (χ2n) is 16.1. The van der Waals surface area contributed by atoms with E-state index in [0.717, 1.165) is 154 Å². The van der Waals surface area contributed by atoms with Crippen molar-refractivity contribution >= 4 is 11.9 Å². The minimum absolute atomic E-state index is 0.104. The lowest BCUT2D eigenvalue weighted by Crippen LogP contribution is -2.28. The van der Waals surface area contributed by atoms with Crippen LogP contribution < -0.4 is 0 Å². The van der Waals surface area contributed by atoms with Crippen LogP contribution in [0.15, 0.2) is 170 Å². The van der Waals surface area contributed by atoms with Crippen LogP contribution in [-0.4, -0.2) is 36.4 Å². The maximum Gasteiger partial charge on any atom is 0.306 e. The minimum atomic E-state index is -0.811. The first kappa shape index (κ1) is 61.3. The number of unbranched alkanes of at least 4 members (excludes halogenated alkanes) is 8. The van der Waals surface area contributed by atoms with E-state index in [1.165, 1.54) is 0 Å². The molecule has 1 atom stereocenters. The number of rotatable bonds is 44. The van der Waals surface area contributed by atoms with Gasteiger partial charge < -0.3 is 14.6 Å². The summed E-state index contributed by atoms with van der Waals surface area (Å²) in [7, 11) is 0. The largest absolute Gasteiger partial charge is 0.462 e. The number of carbonyl (C=O) groups excluding carboxylic acids is 2. The molecule has 0 aliphatic carbocycles. The van der Waals surface area contributed by atoms with Gasteiger partial charge in [0.05, 0.1) is 6.61 Å². The van der Waals surface area contributed by atoms with Gasteiger partial charge in [-0.3, -0.25) is 9.59 Å². The molecule has 0 saturated carbocycles. The Balaban J connectivity index is 3.71. The molecule has 0 aliphatic rings. The molecule has 5 nitrogen and oxygen atoms in total. The lowest BCUT2D eigenvalue weighted by molar-refractivity contribution is -0.161. The first-order valence-electron chi connectivity index (χ1n) is 25.7. The van der Waals surface area contributed by atoms with Gasteiger partial charge in [-0.05, 0) is 128 Å². The molecular formula is C61H92O5. The van der Waals surface area contributed by atoms with Gasteiger partial charge in [-0.15, -0.1) is 0 Å². The summed E-state index contributed by atoms with van der Waals surface area (Å²) in [6, 6.07) is 0. The van der Waals surface area contributed by atoms with Crippen LogP contribution in [0.2, 0.25) is 0 Å². The second-order valence-corrected chi connectivity index (χ2v) is 16.1. The average Bonchev–Trinajstić information content (AvgIpc) is 3.32. The van der Waals surface area contributed by atoms with Crippen LogP contribution in [0.1, 0.15) is 181 Å². The number of carbonyl (C=O) groups is 2. The Hall–Kier alpha value is -4.74. The highest BCUT2D eigenvalue weighted by atomic mass is 16.6. The molecule has 366 valence electrons. The number of aliphatic hydroxyl groups is 1. The van der Waals surface area contributed by atoms with Gasteiger partial charge in [-0.25, -0.2) is 0 Å². The number of esters is 2. The minimum Gasteiger partial charge on any atom is -0.462 e. The van der Waals surface area contributed by atoms with Crippen molar-refractivity contribution in [1.29, 1.82) is 0 Å². The number of allylic oxidation sites excluding steroid dienone is 28. The van der Waals surface area contributed by atoms with Crippen LogP contribution in [0.3, 0.4) is 0 Å². The highest BCUT2D eigenvalue weighted by molar-refractivity contribution is 5.70. The molecule has 5 heteroatoms. The summed E-state index contributed by atoms with van der Waals surface area (Å²) in [5.41, 5.74) is 0. The number of aliphatic hydroxyl groups excluding tert-OH is 1. The van der Waals surface area contributed by atoms with Crippen molar-refractivity contribution in [2.24, 2.45) is 0 Å². The smallest absolute Gasteiger partial charge is 0.306 e. The molecule has 0 aromatic heterocycles. The monoisotopic (exact) mass is 905 g/mol. The molecule has 0 aromatic carbocycles. The van der Waals surface area contributed by atoms with Gasteiger partial charge in [-0.2, -0.15) is 0 Å². The van der Waals surface area contributed by atoms with Gasteiger partial charge >= 0.3 is 11.9 Å². The molecule has 1 N–H and O–H groups in total. The maximum atomic E-state index is 12.3. The van der Waals surface area contributed by atoms with E-state index in [-0.39, 0.29) is 25.2 Å². The Labute approximate surface area is 404 Å². The molecule has 1 unspecified atom stereocenters. The van der Waals surface area contributed by atoms with Crippen molar-refractivity contribution in [1.82, 2.24) is 0 Å². The quantitative estimate of drug-likeness (QED) is 0.0375. The normalized spacial score (nSPS) is 13.7. The van der Waals surface area contributed by atoms with Gasteiger partial charge in [0.2, 0.25) is 0 Å². The van der Waals surface area contributed by atoms with Gasteiger partial charge in [0.15, 0.2) is 6.10 Å². The highest BCUT2D eigenvalue weighted by Gasteiger charge is 2.16. The van der Waals surface area contributed by atoms with Crippen molar-refractivity contribution in [3.63, 3.8) is 0 Å². The van der Waals surface area contributed by atoms with E-state index < -0.39 is 6.10 Å². The molecule has 0 bridgehead atoms. The van der Waals surface area contributed by atoms with Crippen LogP contribution in [0.5, 0.6) is 0 Å². The molecule has 0 heterocycles. The number of ether oxygens (including phenoxy) is 2. The van der Waals surface area contributed by atoms with Crippen LogP contribution in [-0.2, 0) is 19.1 Å². The predicted molar refractivity (Wildman–Crippen MR) is 287 cm³/mol. The summed E-state index contributed by atoms with van der Waals surface area (Å²) in [5.74, 6) is -0.668. The third kappa shape index (κ3) is 51.9. The molecule has 66 heavy (non-hydrogen) atoms. The standard InChI is InChI=1S/C61H92O5/c1-3-5-7-9-11-13-15-17-19-21-23-24-25-26-27-28-29-30-31-32-33-34-35-36-38-40-42-44-46-48-50-52-54-56-61(64)66-59(57-62)58-65-60(63)55-53-51-49-47-45-43-41-39-37-22-20-18-16-14-12-10-8-6-4-2/h5-8,11-14,17-20,23-24,26-27,29-30,32-33,35-37,39-40,42-43,45,59,62H,3-4,9-10,15-16,21-22,25,28,31,34,38,41,44,46-58H2,1-2H3/b7-5-,8-6-,13-11-,14-12-,19-17-,20-18-,24-23-,27-26-,30-29-,33-32-,36-35-,39-37-,42-40-,45-43-. The Morgan fingerprint density at radius 2 is 0.606 bits per heavy atom. The van der Waals surface area contributed by atoms with Crippen molar-refractivity contribution in [2.45, 2.75) is 187 Å². The van der Waals surface area contributed by atoms with Crippen LogP contribution in [0.4, 0.5) is 0 Å². The summed E-state index contributed by atoms with van der Waals surface area (Å²) >= 11 is 0. The van der Waals surface area contributed by atoms with Gasteiger partial charge in [0.1, 0.15) is 6.61 Å². The van der Waals surface area contributed by atoms with Crippen molar-refractivity contribution in [2.75, 3.05) is 13.2 Å². The van der Waals surface area contributed by atoms with Crippen LogP contribution in [0, 0.1) is 0 Å². The molecule has 0 saturated heterocycles. The van der Waals surface area contributed by atoms with Crippen molar-refractivity contribution in [3.8, 4) is 0 Å². The topological polar surface area (TPSA) is 72.8 Å². The number of hydrogen-bond donors (Lipinski definition) is 1. The molecule has 0 fully saturated rings. The van der Waals surface area contributed by atoms with E-state index >= 15 is 0 Å². The lowest BCUT2D eigenvalue weighted by Gasteiger charge is -2.15. The van der Waals surface area contributed by atoms with Crippen molar-refractivity contribution < 1.29 is 24.2 Å². The van der Waals surface area contributed by atoms with Gasteiger partial charge in [0.25, 0.3) is 0 Å². The Morgan fingerprint density at radius 3 is 0.924 bits per heavy atom. The SMILES string of the molecule is CC/C=C\C/C=C\C/C=C\C/C=C\C/C=C\C/C=C\C/C=C\C/C=C\C/C=C\CCCCCCCC(=O)OC(CO)COC(=O)CCCCC/C=C\C/C=C\C/C=C\C/C=C\C/C=C\CC. The van der Waals surface area contributed by atoms with E-state index in [9.17, 15) is 14.7 Å².